The first-order chi connectivity index (χ1) is 17.0. The van der Waals surface area contributed by atoms with Crippen LogP contribution in [0, 0.1) is 0 Å². The molecule has 182 valence electrons. The molecule has 0 fully saturated rings. The Hall–Kier alpha value is -4.53. The van der Waals surface area contributed by atoms with E-state index < -0.39 is 5.91 Å². The monoisotopic (exact) mass is 477 g/mol. The van der Waals surface area contributed by atoms with Crippen LogP contribution >= 0.6 is 0 Å². The molecule has 3 rings (SSSR count). The van der Waals surface area contributed by atoms with Crippen molar-refractivity contribution in [3.05, 3.63) is 77.9 Å². The van der Waals surface area contributed by atoms with Crippen molar-refractivity contribution in [1.29, 1.82) is 0 Å². The number of nitrogens with zero attached hydrogens (tertiary/aromatic N) is 1. The Morgan fingerprint density at radius 3 is 2.31 bits per heavy atom. The normalized spacial score (nSPS) is 10.5. The number of hydrogen-bond donors (Lipinski definition) is 2. The summed E-state index contributed by atoms with van der Waals surface area (Å²) in [7, 11) is 3.02. The van der Waals surface area contributed by atoms with Crippen LogP contribution in [0.1, 0.15) is 22.8 Å². The van der Waals surface area contributed by atoms with Crippen molar-refractivity contribution in [2.24, 2.45) is 5.10 Å². The van der Waals surface area contributed by atoms with Crippen molar-refractivity contribution < 1.29 is 28.5 Å². The second kappa shape index (κ2) is 12.6. The van der Waals surface area contributed by atoms with Crippen LogP contribution in [-0.2, 0) is 4.79 Å². The maximum absolute atomic E-state index is 12.4. The number of carbonyl (C=O) groups is 2. The summed E-state index contributed by atoms with van der Waals surface area (Å²) in [4.78, 5) is 24.6. The number of hydrogen-bond acceptors (Lipinski definition) is 7. The fraction of sp³-hybridized carbons (Fsp3) is 0.192. The molecule has 3 aromatic carbocycles. The minimum atomic E-state index is -0.406. The zero-order valence-corrected chi connectivity index (χ0v) is 19.7. The Morgan fingerprint density at radius 2 is 1.60 bits per heavy atom. The van der Waals surface area contributed by atoms with E-state index in [2.05, 4.69) is 15.8 Å². The number of hydrazone groups is 1. The predicted octanol–water partition coefficient (Wildman–Crippen LogP) is 3.88. The van der Waals surface area contributed by atoms with E-state index in [0.717, 1.165) is 0 Å². The van der Waals surface area contributed by atoms with Gasteiger partial charge in [0.05, 0.1) is 27.0 Å². The average Bonchev–Trinajstić information content (AvgIpc) is 2.88. The number of nitrogens with one attached hydrogen (secondary N) is 2. The van der Waals surface area contributed by atoms with E-state index >= 15 is 0 Å². The van der Waals surface area contributed by atoms with E-state index in [4.69, 9.17) is 18.9 Å². The molecule has 35 heavy (non-hydrogen) atoms. The van der Waals surface area contributed by atoms with Crippen LogP contribution in [0.2, 0.25) is 0 Å². The van der Waals surface area contributed by atoms with Gasteiger partial charge >= 0.3 is 0 Å². The Kier molecular flexibility index (Phi) is 9.07. The lowest BCUT2D eigenvalue weighted by atomic mass is 10.2. The highest BCUT2D eigenvalue weighted by atomic mass is 16.5. The van der Waals surface area contributed by atoms with E-state index in [9.17, 15) is 9.59 Å². The van der Waals surface area contributed by atoms with E-state index in [0.29, 0.717) is 46.4 Å². The SMILES string of the molecule is CCOc1cc(C=NNC(=O)c2ccc(OC)c(OC)c2)ccc1OCC(=O)Nc1ccccc1. The van der Waals surface area contributed by atoms with Gasteiger partial charge < -0.3 is 24.3 Å². The van der Waals surface area contributed by atoms with Gasteiger partial charge in [-0.3, -0.25) is 9.59 Å². The first kappa shape index (κ1) is 25.1. The van der Waals surface area contributed by atoms with Crippen molar-refractivity contribution in [2.45, 2.75) is 6.92 Å². The molecule has 0 saturated carbocycles. The van der Waals surface area contributed by atoms with Gasteiger partial charge in [0.2, 0.25) is 0 Å². The molecule has 0 atom stereocenters. The molecule has 0 heterocycles. The summed E-state index contributed by atoms with van der Waals surface area (Å²) >= 11 is 0. The summed E-state index contributed by atoms with van der Waals surface area (Å²) in [6.07, 6.45) is 1.48. The van der Waals surface area contributed by atoms with E-state index in [1.165, 1.54) is 20.4 Å². The lowest BCUT2D eigenvalue weighted by Crippen LogP contribution is -2.20. The van der Waals surface area contributed by atoms with Crippen molar-refractivity contribution >= 4 is 23.7 Å². The molecule has 9 heteroatoms. The highest BCUT2D eigenvalue weighted by molar-refractivity contribution is 5.95. The third-order valence-electron chi connectivity index (χ3n) is 4.71. The van der Waals surface area contributed by atoms with Gasteiger partial charge in [-0.25, -0.2) is 5.43 Å². The highest BCUT2D eigenvalue weighted by Crippen LogP contribution is 2.29. The second-order valence-electron chi connectivity index (χ2n) is 7.11. The largest absolute Gasteiger partial charge is 0.493 e. The van der Waals surface area contributed by atoms with Crippen molar-refractivity contribution in [3.63, 3.8) is 0 Å². The van der Waals surface area contributed by atoms with Gasteiger partial charge in [0.15, 0.2) is 29.6 Å². The van der Waals surface area contributed by atoms with Gasteiger partial charge in [-0.15, -0.1) is 0 Å². The number of amides is 2. The molecule has 0 aliphatic rings. The molecule has 0 spiro atoms. The van der Waals surface area contributed by atoms with Crippen LogP contribution in [0.4, 0.5) is 5.69 Å². The number of rotatable bonds is 11. The standard InChI is InChI=1S/C26H27N3O6/c1-4-34-24-14-18(10-12-22(24)35-17-25(30)28-20-8-6-5-7-9-20)16-27-29-26(31)19-11-13-21(32-2)23(15-19)33-3/h5-16H,4,17H2,1-3H3,(H,28,30)(H,29,31). The third kappa shape index (κ3) is 7.23. The summed E-state index contributed by atoms with van der Waals surface area (Å²) in [6.45, 7) is 2.07. The maximum Gasteiger partial charge on any atom is 0.271 e. The van der Waals surface area contributed by atoms with Crippen LogP contribution in [0.5, 0.6) is 23.0 Å². The van der Waals surface area contributed by atoms with Gasteiger partial charge in [0, 0.05) is 11.3 Å². The molecule has 0 bridgehead atoms. The highest BCUT2D eigenvalue weighted by Gasteiger charge is 2.11. The quantitative estimate of drug-likeness (QED) is 0.321. The van der Waals surface area contributed by atoms with Crippen LogP contribution in [0.15, 0.2) is 71.8 Å². The maximum atomic E-state index is 12.4. The zero-order chi connectivity index (χ0) is 25.0. The third-order valence-corrected chi connectivity index (χ3v) is 4.71. The molecule has 0 aliphatic carbocycles. The molecule has 9 nitrogen and oxygen atoms in total. The minimum absolute atomic E-state index is 0.177. The Labute approximate surface area is 203 Å². The fourth-order valence-corrected chi connectivity index (χ4v) is 3.06. The van der Waals surface area contributed by atoms with Gasteiger partial charge in [-0.05, 0) is 61.0 Å². The van der Waals surface area contributed by atoms with Crippen LogP contribution in [0.25, 0.3) is 0 Å². The van der Waals surface area contributed by atoms with Crippen LogP contribution in [0.3, 0.4) is 0 Å². The van der Waals surface area contributed by atoms with Crippen molar-refractivity contribution in [1.82, 2.24) is 5.43 Å². The van der Waals surface area contributed by atoms with Gasteiger partial charge in [-0.2, -0.15) is 5.10 Å². The molecule has 0 aliphatic heterocycles. The fourth-order valence-electron chi connectivity index (χ4n) is 3.06. The average molecular weight is 478 g/mol. The minimum Gasteiger partial charge on any atom is -0.493 e. The van der Waals surface area contributed by atoms with Gasteiger partial charge in [-0.1, -0.05) is 18.2 Å². The number of anilines is 1. The molecule has 2 amide bonds. The topological polar surface area (TPSA) is 107 Å². The molecule has 3 aromatic rings. The molecule has 2 N–H and O–H groups in total. The van der Waals surface area contributed by atoms with E-state index in [-0.39, 0.29) is 12.5 Å². The zero-order valence-electron chi connectivity index (χ0n) is 19.7. The van der Waals surface area contributed by atoms with Crippen molar-refractivity contribution in [3.8, 4) is 23.0 Å². The van der Waals surface area contributed by atoms with E-state index in [1.54, 1.807) is 48.5 Å². The first-order valence-electron chi connectivity index (χ1n) is 10.8. The summed E-state index contributed by atoms with van der Waals surface area (Å²) in [5.41, 5.74) is 4.20. The summed E-state index contributed by atoms with van der Waals surface area (Å²) in [5, 5.41) is 6.77. The molecule has 0 aromatic heterocycles. The summed E-state index contributed by atoms with van der Waals surface area (Å²) in [5.74, 6) is 1.14. The lowest BCUT2D eigenvalue weighted by molar-refractivity contribution is -0.118. The number of benzene rings is 3. The van der Waals surface area contributed by atoms with Gasteiger partial charge in [0.1, 0.15) is 0 Å². The van der Waals surface area contributed by atoms with E-state index in [1.807, 2.05) is 25.1 Å². The Balaban J connectivity index is 1.61. The predicted molar refractivity (Wildman–Crippen MR) is 133 cm³/mol. The van der Waals surface area contributed by atoms with Gasteiger partial charge in [0.25, 0.3) is 11.8 Å². The molecular formula is C26H27N3O6. The molecule has 0 unspecified atom stereocenters. The molecular weight excluding hydrogens is 450 g/mol. The number of para-hydroxylation sites is 1. The van der Waals surface area contributed by atoms with Crippen molar-refractivity contribution in [2.75, 3.05) is 32.8 Å². The molecule has 0 radical (unpaired) electrons. The molecule has 0 saturated heterocycles. The lowest BCUT2D eigenvalue weighted by Gasteiger charge is -2.12. The first-order valence-corrected chi connectivity index (χ1v) is 10.8. The number of ether oxygens (including phenoxy) is 4. The summed E-state index contributed by atoms with van der Waals surface area (Å²) in [6, 6.07) is 19.1. The number of carbonyl (C=O) groups excluding carboxylic acids is 2. The van der Waals surface area contributed by atoms with Crippen LogP contribution < -0.4 is 29.7 Å². The summed E-state index contributed by atoms with van der Waals surface area (Å²) < 4.78 is 21.7. The number of methoxy groups -OCH3 is 2. The second-order valence-corrected chi connectivity index (χ2v) is 7.11. The van der Waals surface area contributed by atoms with Crippen LogP contribution in [-0.4, -0.2) is 45.5 Å². The smallest absolute Gasteiger partial charge is 0.271 e. The Bertz CT molecular complexity index is 1180. The Morgan fingerprint density at radius 1 is 0.857 bits per heavy atom.